The number of anilines is 1. The Kier molecular flexibility index (Phi) is 4.66. The summed E-state index contributed by atoms with van der Waals surface area (Å²) in [5.74, 6) is -1.31. The molecule has 1 atom stereocenters. The molecule has 122 valence electrons. The van der Waals surface area contributed by atoms with E-state index < -0.39 is 11.2 Å². The standard InChI is InChI=1S/C18H16N2O3S/c1-12-7-5-6-10-14(12)20-18(23)15(11-16(21)22)24-17(19-20)13-8-3-2-4-9-13/h2-10,15H,11H2,1H3,(H,21,22). The maximum absolute atomic E-state index is 12.7. The SMILES string of the molecule is Cc1ccccc1N1N=C(c2ccccc2)SC(CC(=O)O)C1=O. The van der Waals surface area contributed by atoms with Crippen molar-refractivity contribution in [1.82, 2.24) is 0 Å². The molecule has 0 saturated carbocycles. The highest BCUT2D eigenvalue weighted by atomic mass is 32.2. The fraction of sp³-hybridized carbons (Fsp3) is 0.167. The Hall–Kier alpha value is -2.60. The molecule has 0 aliphatic carbocycles. The first-order valence-corrected chi connectivity index (χ1v) is 8.36. The number of rotatable bonds is 4. The fourth-order valence-electron chi connectivity index (χ4n) is 2.45. The smallest absolute Gasteiger partial charge is 0.305 e. The number of carbonyl (C=O) groups is 2. The number of nitrogens with zero attached hydrogens (tertiary/aromatic N) is 2. The van der Waals surface area contributed by atoms with Crippen LogP contribution in [0.25, 0.3) is 0 Å². The van der Waals surface area contributed by atoms with Gasteiger partial charge >= 0.3 is 5.97 Å². The van der Waals surface area contributed by atoms with Crippen molar-refractivity contribution in [3.8, 4) is 0 Å². The van der Waals surface area contributed by atoms with E-state index in [2.05, 4.69) is 5.10 Å². The zero-order valence-corrected chi connectivity index (χ0v) is 13.9. The van der Waals surface area contributed by atoms with Crippen LogP contribution in [0.1, 0.15) is 17.5 Å². The summed E-state index contributed by atoms with van der Waals surface area (Å²) < 4.78 is 0. The molecule has 0 saturated heterocycles. The minimum absolute atomic E-state index is 0.238. The van der Waals surface area contributed by atoms with E-state index in [-0.39, 0.29) is 12.3 Å². The first kappa shape index (κ1) is 16.3. The minimum atomic E-state index is -1.00. The molecule has 1 aliphatic heterocycles. The zero-order valence-electron chi connectivity index (χ0n) is 13.0. The molecular formula is C18H16N2O3S. The quantitative estimate of drug-likeness (QED) is 0.927. The average Bonchev–Trinajstić information content (AvgIpc) is 2.58. The summed E-state index contributed by atoms with van der Waals surface area (Å²) in [4.78, 5) is 23.9. The van der Waals surface area contributed by atoms with Crippen LogP contribution in [0.4, 0.5) is 5.69 Å². The maximum atomic E-state index is 12.7. The minimum Gasteiger partial charge on any atom is -0.481 e. The highest BCUT2D eigenvalue weighted by Crippen LogP contribution is 2.32. The van der Waals surface area contributed by atoms with Crippen LogP contribution in [0.3, 0.4) is 0 Å². The van der Waals surface area contributed by atoms with Gasteiger partial charge in [-0.3, -0.25) is 9.59 Å². The fourth-order valence-corrected chi connectivity index (χ4v) is 3.55. The number of carbonyl (C=O) groups excluding carboxylic acids is 1. The van der Waals surface area contributed by atoms with Crippen molar-refractivity contribution in [3.05, 3.63) is 65.7 Å². The predicted octanol–water partition coefficient (Wildman–Crippen LogP) is 3.28. The van der Waals surface area contributed by atoms with Gasteiger partial charge in [0.05, 0.1) is 12.1 Å². The lowest BCUT2D eigenvalue weighted by atomic mass is 10.2. The second-order valence-corrected chi connectivity index (χ2v) is 6.60. The first-order chi connectivity index (χ1) is 11.6. The van der Waals surface area contributed by atoms with Gasteiger partial charge in [0, 0.05) is 5.56 Å². The van der Waals surface area contributed by atoms with Crippen LogP contribution in [-0.2, 0) is 9.59 Å². The van der Waals surface area contributed by atoms with E-state index in [1.54, 1.807) is 0 Å². The first-order valence-electron chi connectivity index (χ1n) is 7.48. The second kappa shape index (κ2) is 6.88. The number of para-hydroxylation sites is 1. The Morgan fingerprint density at radius 1 is 1.17 bits per heavy atom. The molecule has 1 N–H and O–H groups in total. The maximum Gasteiger partial charge on any atom is 0.305 e. The van der Waals surface area contributed by atoms with Gasteiger partial charge in [-0.05, 0) is 18.6 Å². The van der Waals surface area contributed by atoms with Crippen molar-refractivity contribution in [1.29, 1.82) is 0 Å². The van der Waals surface area contributed by atoms with E-state index in [0.29, 0.717) is 10.7 Å². The number of thioether (sulfide) groups is 1. The van der Waals surface area contributed by atoms with Gasteiger partial charge in [-0.1, -0.05) is 60.3 Å². The summed E-state index contributed by atoms with van der Waals surface area (Å²) in [7, 11) is 0. The summed E-state index contributed by atoms with van der Waals surface area (Å²) in [6.45, 7) is 1.90. The number of carboxylic acids is 1. The number of benzene rings is 2. The van der Waals surface area contributed by atoms with E-state index in [4.69, 9.17) is 5.11 Å². The monoisotopic (exact) mass is 340 g/mol. The number of hydrazone groups is 1. The Labute approximate surface area is 144 Å². The number of carboxylic acid groups (broad SMARTS) is 1. The number of aliphatic carboxylic acids is 1. The Balaban J connectivity index is 2.06. The molecule has 0 fully saturated rings. The highest BCUT2D eigenvalue weighted by Gasteiger charge is 2.35. The van der Waals surface area contributed by atoms with Crippen molar-refractivity contribution in [3.63, 3.8) is 0 Å². The molecule has 1 aliphatic rings. The largest absolute Gasteiger partial charge is 0.481 e. The molecule has 5 nitrogen and oxygen atoms in total. The van der Waals surface area contributed by atoms with E-state index >= 15 is 0 Å². The van der Waals surface area contributed by atoms with Gasteiger partial charge in [0.15, 0.2) is 0 Å². The lowest BCUT2D eigenvalue weighted by Crippen LogP contribution is -2.40. The molecule has 2 aromatic rings. The molecule has 2 aromatic carbocycles. The number of hydrogen-bond acceptors (Lipinski definition) is 4. The summed E-state index contributed by atoms with van der Waals surface area (Å²) in [6, 6.07) is 16.9. The highest BCUT2D eigenvalue weighted by molar-refractivity contribution is 8.15. The molecule has 0 aromatic heterocycles. The molecule has 0 radical (unpaired) electrons. The molecule has 1 amide bonds. The van der Waals surface area contributed by atoms with Gasteiger partial charge in [0.2, 0.25) is 0 Å². The van der Waals surface area contributed by atoms with Crippen LogP contribution in [0.2, 0.25) is 0 Å². The number of hydrogen-bond donors (Lipinski definition) is 1. The van der Waals surface area contributed by atoms with Crippen molar-refractivity contribution in [2.24, 2.45) is 5.10 Å². The topological polar surface area (TPSA) is 70.0 Å². The Morgan fingerprint density at radius 2 is 1.83 bits per heavy atom. The second-order valence-electron chi connectivity index (χ2n) is 5.41. The zero-order chi connectivity index (χ0) is 17.1. The average molecular weight is 340 g/mol. The molecule has 0 spiro atoms. The third-order valence-electron chi connectivity index (χ3n) is 3.65. The molecule has 1 heterocycles. The molecular weight excluding hydrogens is 324 g/mol. The van der Waals surface area contributed by atoms with Crippen LogP contribution in [0.15, 0.2) is 59.7 Å². The van der Waals surface area contributed by atoms with Gasteiger partial charge in [-0.25, -0.2) is 0 Å². The predicted molar refractivity (Wildman–Crippen MR) is 95.3 cm³/mol. The number of amides is 1. The molecule has 3 rings (SSSR count). The third kappa shape index (κ3) is 3.33. The van der Waals surface area contributed by atoms with Gasteiger partial charge in [0.25, 0.3) is 5.91 Å². The van der Waals surface area contributed by atoms with Gasteiger partial charge in [0.1, 0.15) is 10.3 Å². The van der Waals surface area contributed by atoms with Crippen LogP contribution in [0.5, 0.6) is 0 Å². The summed E-state index contributed by atoms with van der Waals surface area (Å²) >= 11 is 1.20. The van der Waals surface area contributed by atoms with Crippen LogP contribution in [-0.4, -0.2) is 27.3 Å². The van der Waals surface area contributed by atoms with Gasteiger partial charge in [-0.15, -0.1) is 0 Å². The normalized spacial score (nSPS) is 17.5. The lowest BCUT2D eigenvalue weighted by molar-refractivity contribution is -0.138. The van der Waals surface area contributed by atoms with Gasteiger partial charge in [-0.2, -0.15) is 10.1 Å². The molecule has 1 unspecified atom stereocenters. The molecule has 6 heteroatoms. The Morgan fingerprint density at radius 3 is 2.50 bits per heavy atom. The lowest BCUT2D eigenvalue weighted by Gasteiger charge is -2.29. The summed E-state index contributed by atoms with van der Waals surface area (Å²) in [6.07, 6.45) is -0.238. The third-order valence-corrected chi connectivity index (χ3v) is 4.85. The van der Waals surface area contributed by atoms with E-state index in [1.165, 1.54) is 16.8 Å². The van der Waals surface area contributed by atoms with Crippen LogP contribution in [0, 0.1) is 6.92 Å². The van der Waals surface area contributed by atoms with Crippen LogP contribution < -0.4 is 5.01 Å². The van der Waals surface area contributed by atoms with Crippen molar-refractivity contribution in [2.45, 2.75) is 18.6 Å². The molecule has 24 heavy (non-hydrogen) atoms. The van der Waals surface area contributed by atoms with E-state index in [0.717, 1.165) is 11.1 Å². The van der Waals surface area contributed by atoms with Crippen molar-refractivity contribution in [2.75, 3.05) is 5.01 Å². The van der Waals surface area contributed by atoms with Crippen molar-refractivity contribution < 1.29 is 14.7 Å². The van der Waals surface area contributed by atoms with E-state index in [9.17, 15) is 9.59 Å². The van der Waals surface area contributed by atoms with Crippen LogP contribution >= 0.6 is 11.8 Å². The Bertz CT molecular complexity index is 805. The van der Waals surface area contributed by atoms with E-state index in [1.807, 2.05) is 61.5 Å². The summed E-state index contributed by atoms with van der Waals surface area (Å²) in [5, 5.41) is 14.9. The summed E-state index contributed by atoms with van der Waals surface area (Å²) in [5.41, 5.74) is 2.44. The van der Waals surface area contributed by atoms with Crippen molar-refractivity contribution >= 4 is 34.4 Å². The number of aryl methyl sites for hydroxylation is 1. The molecule has 0 bridgehead atoms. The van der Waals surface area contributed by atoms with Gasteiger partial charge < -0.3 is 5.11 Å².